The molecule has 0 aliphatic carbocycles. The predicted octanol–water partition coefficient (Wildman–Crippen LogP) is 4.17. The highest BCUT2D eigenvalue weighted by Gasteiger charge is 2.19. The minimum Gasteiger partial charge on any atom is -0.477 e. The Hall–Kier alpha value is -2.57. The van der Waals surface area contributed by atoms with Gasteiger partial charge in [0, 0.05) is 33.1 Å². The number of rotatable bonds is 5. The van der Waals surface area contributed by atoms with E-state index in [1.807, 2.05) is 0 Å². The first-order chi connectivity index (χ1) is 12.3. The number of carbonyl (C=O) groups is 2. The van der Waals surface area contributed by atoms with Gasteiger partial charge in [-0.05, 0) is 35.9 Å². The molecule has 0 saturated heterocycles. The molecule has 3 N–H and O–H groups in total. The number of halogens is 3. The fraction of sp³-hybridized carbons (Fsp3) is 0.111. The van der Waals surface area contributed by atoms with Crippen LogP contribution in [-0.4, -0.2) is 22.0 Å². The first kappa shape index (κ1) is 18.2. The van der Waals surface area contributed by atoms with Crippen molar-refractivity contribution >= 4 is 46.0 Å². The number of hydrogen-bond donors (Lipinski definition) is 3. The van der Waals surface area contributed by atoms with E-state index in [1.165, 1.54) is 12.1 Å². The molecule has 134 valence electrons. The van der Waals surface area contributed by atoms with Crippen LogP contribution in [0.1, 0.15) is 21.6 Å². The lowest BCUT2D eigenvalue weighted by Gasteiger charge is -2.08. The molecule has 0 fully saturated rings. The summed E-state index contributed by atoms with van der Waals surface area (Å²) in [6, 6.07) is 8.78. The van der Waals surface area contributed by atoms with E-state index in [1.54, 1.807) is 18.2 Å². The van der Waals surface area contributed by atoms with E-state index in [9.17, 15) is 19.1 Å². The summed E-state index contributed by atoms with van der Waals surface area (Å²) in [6.45, 7) is 0.101. The van der Waals surface area contributed by atoms with Crippen molar-refractivity contribution in [2.45, 2.75) is 13.0 Å². The Morgan fingerprint density at radius 1 is 1.15 bits per heavy atom. The molecule has 1 heterocycles. The van der Waals surface area contributed by atoms with Gasteiger partial charge in [-0.25, -0.2) is 9.18 Å². The van der Waals surface area contributed by atoms with Gasteiger partial charge in [-0.2, -0.15) is 0 Å². The SMILES string of the molecule is O=C(Cc1c(C(=O)O)[nH]c2ccc(Cl)cc12)NCc1ccc(F)cc1Cl. The summed E-state index contributed by atoms with van der Waals surface area (Å²) >= 11 is 11.9. The molecule has 26 heavy (non-hydrogen) atoms. The molecule has 5 nitrogen and oxygen atoms in total. The van der Waals surface area contributed by atoms with Crippen molar-refractivity contribution in [1.29, 1.82) is 0 Å². The average Bonchev–Trinajstić information content (AvgIpc) is 2.92. The van der Waals surface area contributed by atoms with Crippen molar-refractivity contribution in [1.82, 2.24) is 10.3 Å². The molecule has 0 aliphatic rings. The zero-order chi connectivity index (χ0) is 18.8. The van der Waals surface area contributed by atoms with Gasteiger partial charge in [0.05, 0.1) is 6.42 Å². The molecule has 1 amide bonds. The molecule has 1 aromatic heterocycles. The van der Waals surface area contributed by atoms with Crippen molar-refractivity contribution in [2.75, 3.05) is 0 Å². The minimum absolute atomic E-state index is 0.0581. The minimum atomic E-state index is -1.17. The van der Waals surface area contributed by atoms with Gasteiger partial charge in [0.1, 0.15) is 11.5 Å². The molecule has 0 radical (unpaired) electrons. The van der Waals surface area contributed by atoms with Crippen molar-refractivity contribution < 1.29 is 19.1 Å². The Balaban J connectivity index is 1.81. The first-order valence-corrected chi connectivity index (χ1v) is 8.35. The standard InChI is InChI=1S/C18H13Cl2FN2O3/c19-10-2-4-15-12(5-10)13(17(23-15)18(25)26)7-16(24)22-8-9-1-3-11(21)6-14(9)20/h1-6,23H,7-8H2,(H,22,24)(H,25,26). The number of aromatic carboxylic acids is 1. The normalized spacial score (nSPS) is 10.9. The maximum absolute atomic E-state index is 13.1. The maximum Gasteiger partial charge on any atom is 0.352 e. The second kappa shape index (κ2) is 7.35. The number of carboxylic acid groups (broad SMARTS) is 1. The zero-order valence-electron chi connectivity index (χ0n) is 13.3. The third-order valence-corrected chi connectivity index (χ3v) is 4.50. The van der Waals surface area contributed by atoms with Crippen LogP contribution in [0.25, 0.3) is 10.9 Å². The largest absolute Gasteiger partial charge is 0.477 e. The summed E-state index contributed by atoms with van der Waals surface area (Å²) in [5, 5.41) is 13.2. The van der Waals surface area contributed by atoms with Crippen LogP contribution in [0, 0.1) is 5.82 Å². The van der Waals surface area contributed by atoms with Crippen molar-refractivity contribution in [3.05, 3.63) is 69.1 Å². The Morgan fingerprint density at radius 2 is 1.92 bits per heavy atom. The Morgan fingerprint density at radius 3 is 2.62 bits per heavy atom. The second-order valence-corrected chi connectivity index (χ2v) is 6.51. The lowest BCUT2D eigenvalue weighted by Crippen LogP contribution is -2.25. The predicted molar refractivity (Wildman–Crippen MR) is 97.2 cm³/mol. The quantitative estimate of drug-likeness (QED) is 0.607. The highest BCUT2D eigenvalue weighted by atomic mass is 35.5. The van der Waals surface area contributed by atoms with E-state index in [0.29, 0.717) is 27.1 Å². The Bertz CT molecular complexity index is 1020. The van der Waals surface area contributed by atoms with E-state index in [4.69, 9.17) is 23.2 Å². The summed E-state index contributed by atoms with van der Waals surface area (Å²) in [4.78, 5) is 26.5. The molecular weight excluding hydrogens is 382 g/mol. The molecule has 2 aromatic carbocycles. The molecule has 0 atom stereocenters. The fourth-order valence-corrected chi connectivity index (χ4v) is 3.07. The summed E-state index contributed by atoms with van der Waals surface area (Å²) in [6.07, 6.45) is -0.152. The number of hydrogen-bond acceptors (Lipinski definition) is 2. The van der Waals surface area contributed by atoms with Crippen LogP contribution in [0.5, 0.6) is 0 Å². The van der Waals surface area contributed by atoms with E-state index < -0.39 is 17.7 Å². The van der Waals surface area contributed by atoms with Gasteiger partial charge in [0.15, 0.2) is 0 Å². The highest BCUT2D eigenvalue weighted by molar-refractivity contribution is 6.31. The topological polar surface area (TPSA) is 82.2 Å². The van der Waals surface area contributed by atoms with Gasteiger partial charge in [-0.1, -0.05) is 29.3 Å². The molecule has 3 aromatic rings. The molecule has 3 rings (SSSR count). The lowest BCUT2D eigenvalue weighted by molar-refractivity contribution is -0.120. The van der Waals surface area contributed by atoms with E-state index in [-0.39, 0.29) is 23.7 Å². The van der Waals surface area contributed by atoms with E-state index in [2.05, 4.69) is 10.3 Å². The summed E-state index contributed by atoms with van der Waals surface area (Å²) in [5.74, 6) is -2.03. The van der Waals surface area contributed by atoms with Gasteiger partial charge in [0.2, 0.25) is 5.91 Å². The number of amides is 1. The van der Waals surface area contributed by atoms with Crippen LogP contribution in [-0.2, 0) is 17.8 Å². The molecule has 0 unspecified atom stereocenters. The summed E-state index contributed by atoms with van der Waals surface area (Å²) < 4.78 is 13.1. The zero-order valence-corrected chi connectivity index (χ0v) is 14.8. The average molecular weight is 395 g/mol. The van der Waals surface area contributed by atoms with Gasteiger partial charge in [-0.3, -0.25) is 4.79 Å². The molecule has 0 aliphatic heterocycles. The molecule has 0 bridgehead atoms. The number of H-pyrrole nitrogens is 1. The third-order valence-electron chi connectivity index (χ3n) is 3.91. The van der Waals surface area contributed by atoms with E-state index in [0.717, 1.165) is 6.07 Å². The number of carbonyl (C=O) groups excluding carboxylic acids is 1. The number of carboxylic acids is 1. The highest BCUT2D eigenvalue weighted by Crippen LogP contribution is 2.26. The summed E-state index contributed by atoms with van der Waals surface area (Å²) in [5.41, 5.74) is 1.42. The van der Waals surface area contributed by atoms with Crippen LogP contribution >= 0.6 is 23.2 Å². The monoisotopic (exact) mass is 394 g/mol. The Kier molecular flexibility index (Phi) is 5.15. The van der Waals surface area contributed by atoms with Crippen LogP contribution in [0.3, 0.4) is 0 Å². The number of aromatic amines is 1. The molecular formula is C18H13Cl2FN2O3. The van der Waals surface area contributed by atoms with Crippen molar-refractivity contribution in [3.8, 4) is 0 Å². The lowest BCUT2D eigenvalue weighted by atomic mass is 10.1. The van der Waals surface area contributed by atoms with Crippen LogP contribution < -0.4 is 5.32 Å². The number of nitrogens with one attached hydrogen (secondary N) is 2. The first-order valence-electron chi connectivity index (χ1n) is 7.59. The van der Waals surface area contributed by atoms with E-state index >= 15 is 0 Å². The van der Waals surface area contributed by atoms with Crippen LogP contribution in [0.4, 0.5) is 4.39 Å². The molecule has 0 saturated carbocycles. The van der Waals surface area contributed by atoms with Crippen LogP contribution in [0.2, 0.25) is 10.0 Å². The van der Waals surface area contributed by atoms with Gasteiger partial charge in [-0.15, -0.1) is 0 Å². The third kappa shape index (κ3) is 3.81. The maximum atomic E-state index is 13.1. The van der Waals surface area contributed by atoms with Crippen molar-refractivity contribution in [2.24, 2.45) is 0 Å². The Labute approximate surface area is 157 Å². The molecule has 8 heteroatoms. The van der Waals surface area contributed by atoms with Crippen LogP contribution in [0.15, 0.2) is 36.4 Å². The second-order valence-electron chi connectivity index (χ2n) is 5.66. The number of aromatic nitrogens is 1. The van der Waals surface area contributed by atoms with Crippen molar-refractivity contribution in [3.63, 3.8) is 0 Å². The fourth-order valence-electron chi connectivity index (χ4n) is 2.67. The van der Waals surface area contributed by atoms with Gasteiger partial charge < -0.3 is 15.4 Å². The summed E-state index contributed by atoms with van der Waals surface area (Å²) in [7, 11) is 0. The van der Waals surface area contributed by atoms with Gasteiger partial charge in [0.25, 0.3) is 0 Å². The smallest absolute Gasteiger partial charge is 0.352 e. The number of benzene rings is 2. The molecule has 0 spiro atoms. The number of fused-ring (bicyclic) bond motifs is 1. The van der Waals surface area contributed by atoms with Gasteiger partial charge >= 0.3 is 5.97 Å².